The standard InChI is InChI=1S/C18H23NO4/c1-12(20)22-17-14-10-6-7-11-15(14)23-18(19-17)16(21-2)13-8-4-3-5-9-13/h3-5,8-9,14-17H,6-7,10-11H2,1-2H3/t14-,15+,16?,17?/m1/s1. The molecule has 1 heterocycles. The average molecular weight is 317 g/mol. The van der Waals surface area contributed by atoms with Crippen LogP contribution in [0.15, 0.2) is 35.3 Å². The van der Waals surface area contributed by atoms with Crippen LogP contribution in [0.4, 0.5) is 0 Å². The molecule has 0 radical (unpaired) electrons. The van der Waals surface area contributed by atoms with Gasteiger partial charge < -0.3 is 14.2 Å². The van der Waals surface area contributed by atoms with Gasteiger partial charge in [-0.15, -0.1) is 0 Å². The fourth-order valence-electron chi connectivity index (χ4n) is 3.43. The number of hydrogen-bond donors (Lipinski definition) is 0. The molecule has 2 aliphatic rings. The molecule has 1 aromatic carbocycles. The van der Waals surface area contributed by atoms with Crippen LogP contribution >= 0.6 is 0 Å². The second-order valence-electron chi connectivity index (χ2n) is 6.10. The van der Waals surface area contributed by atoms with Gasteiger partial charge in [0.25, 0.3) is 0 Å². The van der Waals surface area contributed by atoms with E-state index in [1.165, 1.54) is 6.92 Å². The van der Waals surface area contributed by atoms with E-state index in [2.05, 4.69) is 4.99 Å². The molecule has 1 fully saturated rings. The predicted octanol–water partition coefficient (Wildman–Crippen LogP) is 3.25. The minimum absolute atomic E-state index is 0.0435. The molecule has 1 aromatic rings. The summed E-state index contributed by atoms with van der Waals surface area (Å²) in [6.45, 7) is 1.42. The van der Waals surface area contributed by atoms with Gasteiger partial charge in [-0.1, -0.05) is 36.8 Å². The highest BCUT2D eigenvalue weighted by molar-refractivity contribution is 5.83. The van der Waals surface area contributed by atoms with E-state index >= 15 is 0 Å². The summed E-state index contributed by atoms with van der Waals surface area (Å²) in [5.74, 6) is 0.343. The van der Waals surface area contributed by atoms with Gasteiger partial charge in [-0.3, -0.25) is 4.79 Å². The number of rotatable bonds is 4. The van der Waals surface area contributed by atoms with E-state index in [1.54, 1.807) is 7.11 Å². The van der Waals surface area contributed by atoms with Crippen LogP contribution in [0.2, 0.25) is 0 Å². The van der Waals surface area contributed by atoms with E-state index in [9.17, 15) is 4.79 Å². The van der Waals surface area contributed by atoms with Gasteiger partial charge in [-0.2, -0.15) is 0 Å². The number of hydrogen-bond acceptors (Lipinski definition) is 5. The number of benzene rings is 1. The van der Waals surface area contributed by atoms with Gasteiger partial charge in [-0.05, 0) is 24.8 Å². The van der Waals surface area contributed by atoms with Crippen LogP contribution in [0.3, 0.4) is 0 Å². The van der Waals surface area contributed by atoms with Crippen LogP contribution < -0.4 is 0 Å². The zero-order valence-corrected chi connectivity index (χ0v) is 13.6. The molecule has 5 heteroatoms. The van der Waals surface area contributed by atoms with Crippen LogP contribution in [0, 0.1) is 5.92 Å². The lowest BCUT2D eigenvalue weighted by Crippen LogP contribution is -2.44. The molecule has 0 N–H and O–H groups in total. The number of nitrogens with zero attached hydrogens (tertiary/aromatic N) is 1. The Labute approximate surface area is 136 Å². The maximum absolute atomic E-state index is 11.4. The topological polar surface area (TPSA) is 57.1 Å². The summed E-state index contributed by atoms with van der Waals surface area (Å²) in [7, 11) is 1.64. The van der Waals surface area contributed by atoms with Gasteiger partial charge >= 0.3 is 5.97 Å². The minimum atomic E-state index is -0.470. The van der Waals surface area contributed by atoms with Crippen LogP contribution in [-0.4, -0.2) is 31.3 Å². The van der Waals surface area contributed by atoms with Crippen molar-refractivity contribution in [2.24, 2.45) is 10.9 Å². The average Bonchev–Trinajstić information content (AvgIpc) is 2.56. The Bertz CT molecular complexity index is 572. The zero-order chi connectivity index (χ0) is 16.2. The van der Waals surface area contributed by atoms with E-state index < -0.39 is 6.23 Å². The molecule has 2 unspecified atom stereocenters. The normalized spacial score (nSPS) is 28.1. The van der Waals surface area contributed by atoms with Crippen molar-refractivity contribution in [1.82, 2.24) is 0 Å². The summed E-state index contributed by atoms with van der Waals surface area (Å²) >= 11 is 0. The van der Waals surface area contributed by atoms with Crippen molar-refractivity contribution in [2.75, 3.05) is 7.11 Å². The van der Waals surface area contributed by atoms with Gasteiger partial charge in [0.15, 0.2) is 6.10 Å². The molecule has 1 saturated carbocycles. The highest BCUT2D eigenvalue weighted by Crippen LogP contribution is 2.36. The monoisotopic (exact) mass is 317 g/mol. The van der Waals surface area contributed by atoms with Crippen molar-refractivity contribution in [3.05, 3.63) is 35.9 Å². The van der Waals surface area contributed by atoms with Crippen molar-refractivity contribution >= 4 is 11.9 Å². The molecular formula is C18H23NO4. The number of ether oxygens (including phenoxy) is 3. The third kappa shape index (κ3) is 3.55. The van der Waals surface area contributed by atoms with E-state index in [4.69, 9.17) is 14.2 Å². The number of carbonyl (C=O) groups is 1. The first-order valence-electron chi connectivity index (χ1n) is 8.18. The second kappa shape index (κ2) is 7.13. The van der Waals surface area contributed by atoms with E-state index in [-0.39, 0.29) is 24.1 Å². The van der Waals surface area contributed by atoms with E-state index in [1.807, 2.05) is 30.3 Å². The molecule has 3 rings (SSSR count). The second-order valence-corrected chi connectivity index (χ2v) is 6.10. The van der Waals surface area contributed by atoms with Crippen molar-refractivity contribution in [3.63, 3.8) is 0 Å². The lowest BCUT2D eigenvalue weighted by molar-refractivity contribution is -0.154. The van der Waals surface area contributed by atoms with Gasteiger partial charge in [0.05, 0.1) is 5.92 Å². The molecular weight excluding hydrogens is 294 g/mol. The third-order valence-corrected chi connectivity index (χ3v) is 4.50. The lowest BCUT2D eigenvalue weighted by Gasteiger charge is -2.40. The smallest absolute Gasteiger partial charge is 0.304 e. The Balaban J connectivity index is 1.89. The SMILES string of the molecule is COC(C1=NC(OC(C)=O)[C@@H]2CCCC[C@@H]2O1)c1ccccc1. The van der Waals surface area contributed by atoms with Gasteiger partial charge in [-0.25, -0.2) is 4.99 Å². The number of esters is 1. The van der Waals surface area contributed by atoms with Crippen molar-refractivity contribution in [1.29, 1.82) is 0 Å². The van der Waals surface area contributed by atoms with Crippen LogP contribution in [0.1, 0.15) is 44.3 Å². The highest BCUT2D eigenvalue weighted by Gasteiger charge is 2.41. The Hall–Kier alpha value is -1.88. The first-order valence-corrected chi connectivity index (χ1v) is 8.18. The Morgan fingerprint density at radius 3 is 2.70 bits per heavy atom. The molecule has 0 aromatic heterocycles. The summed E-state index contributed by atoms with van der Waals surface area (Å²) in [6.07, 6.45) is 3.39. The number of methoxy groups -OCH3 is 1. The summed E-state index contributed by atoms with van der Waals surface area (Å²) in [5, 5.41) is 0. The number of aliphatic imine (C=N–C) groups is 1. The molecule has 0 spiro atoms. The molecule has 0 amide bonds. The molecule has 0 bridgehead atoms. The van der Waals surface area contributed by atoms with E-state index in [0.717, 1.165) is 31.2 Å². The fraction of sp³-hybridized carbons (Fsp3) is 0.556. The molecule has 4 atom stereocenters. The summed E-state index contributed by atoms with van der Waals surface area (Å²) in [5.41, 5.74) is 0.976. The minimum Gasteiger partial charge on any atom is -0.475 e. The van der Waals surface area contributed by atoms with Gasteiger partial charge in [0.2, 0.25) is 12.1 Å². The first kappa shape index (κ1) is 16.0. The third-order valence-electron chi connectivity index (χ3n) is 4.50. The van der Waals surface area contributed by atoms with Crippen LogP contribution in [-0.2, 0) is 19.0 Å². The number of fused-ring (bicyclic) bond motifs is 1. The predicted molar refractivity (Wildman–Crippen MR) is 86.0 cm³/mol. The molecule has 0 saturated heterocycles. The Kier molecular flexibility index (Phi) is 4.96. The van der Waals surface area contributed by atoms with Gasteiger partial charge in [0, 0.05) is 14.0 Å². The van der Waals surface area contributed by atoms with Crippen LogP contribution in [0.25, 0.3) is 0 Å². The Morgan fingerprint density at radius 2 is 2.00 bits per heavy atom. The molecule has 1 aliphatic heterocycles. The molecule has 124 valence electrons. The highest BCUT2D eigenvalue weighted by atomic mass is 16.6. The summed E-state index contributed by atoms with van der Waals surface area (Å²) < 4.78 is 17.2. The molecule has 1 aliphatic carbocycles. The molecule has 5 nitrogen and oxygen atoms in total. The van der Waals surface area contributed by atoms with Gasteiger partial charge in [0.1, 0.15) is 6.10 Å². The van der Waals surface area contributed by atoms with Crippen molar-refractivity contribution < 1.29 is 19.0 Å². The number of carbonyl (C=O) groups excluding carboxylic acids is 1. The maximum Gasteiger partial charge on any atom is 0.304 e. The fourth-order valence-corrected chi connectivity index (χ4v) is 3.43. The first-order chi connectivity index (χ1) is 11.2. The van der Waals surface area contributed by atoms with Crippen LogP contribution in [0.5, 0.6) is 0 Å². The zero-order valence-electron chi connectivity index (χ0n) is 13.6. The maximum atomic E-state index is 11.4. The largest absolute Gasteiger partial charge is 0.475 e. The lowest BCUT2D eigenvalue weighted by atomic mass is 9.84. The van der Waals surface area contributed by atoms with Crippen molar-refractivity contribution in [2.45, 2.75) is 51.0 Å². The summed E-state index contributed by atoms with van der Waals surface area (Å²) in [4.78, 5) is 16.0. The van der Waals surface area contributed by atoms with E-state index in [0.29, 0.717) is 5.90 Å². The van der Waals surface area contributed by atoms with Crippen molar-refractivity contribution in [3.8, 4) is 0 Å². The summed E-state index contributed by atoms with van der Waals surface area (Å²) in [6, 6.07) is 9.83. The molecule has 23 heavy (non-hydrogen) atoms. The Morgan fingerprint density at radius 1 is 1.26 bits per heavy atom. The quantitative estimate of drug-likeness (QED) is 0.800.